The maximum atomic E-state index is 12.6. The number of hydrogen-bond acceptors (Lipinski definition) is 4. The number of benzene rings is 1. The molecule has 0 unspecified atom stereocenters. The van der Waals surface area contributed by atoms with Crippen molar-refractivity contribution in [1.82, 2.24) is 9.29 Å². The van der Waals surface area contributed by atoms with Crippen LogP contribution in [0.15, 0.2) is 35.8 Å². The molecule has 0 radical (unpaired) electrons. The van der Waals surface area contributed by atoms with Crippen LogP contribution in [-0.4, -0.2) is 30.8 Å². The van der Waals surface area contributed by atoms with Gasteiger partial charge in [-0.25, -0.2) is 17.7 Å². The predicted octanol–water partition coefficient (Wildman–Crippen LogP) is 3.16. The predicted molar refractivity (Wildman–Crippen MR) is 89.5 cm³/mol. The van der Waals surface area contributed by atoms with E-state index in [4.69, 9.17) is 0 Å². The molecular formula is C16H20N2O2S2. The SMILES string of the molecule is Cc1ccccc1CS(=O)(=O)N1CCC(c2nccs2)CC1. The zero-order valence-corrected chi connectivity index (χ0v) is 14.2. The van der Waals surface area contributed by atoms with Gasteiger partial charge in [0, 0.05) is 30.6 Å². The summed E-state index contributed by atoms with van der Waals surface area (Å²) in [5.74, 6) is 0.506. The molecule has 0 amide bonds. The average molecular weight is 336 g/mol. The number of sulfonamides is 1. The Hall–Kier alpha value is -1.24. The van der Waals surface area contributed by atoms with Crippen molar-refractivity contribution < 1.29 is 8.42 Å². The van der Waals surface area contributed by atoms with Crippen molar-refractivity contribution in [2.24, 2.45) is 0 Å². The van der Waals surface area contributed by atoms with Gasteiger partial charge < -0.3 is 0 Å². The van der Waals surface area contributed by atoms with Crippen LogP contribution in [0.25, 0.3) is 0 Å². The fourth-order valence-electron chi connectivity index (χ4n) is 2.88. The second-order valence-corrected chi connectivity index (χ2v) is 8.62. The van der Waals surface area contributed by atoms with Gasteiger partial charge >= 0.3 is 0 Å². The fraction of sp³-hybridized carbons (Fsp3) is 0.438. The number of aromatic nitrogens is 1. The smallest absolute Gasteiger partial charge is 0.218 e. The molecular weight excluding hydrogens is 316 g/mol. The summed E-state index contributed by atoms with van der Waals surface area (Å²) in [7, 11) is -3.23. The van der Waals surface area contributed by atoms with E-state index >= 15 is 0 Å². The molecule has 0 aliphatic carbocycles. The highest BCUT2D eigenvalue weighted by Crippen LogP contribution is 2.30. The Morgan fingerprint density at radius 1 is 1.27 bits per heavy atom. The summed E-state index contributed by atoms with van der Waals surface area (Å²) in [4.78, 5) is 4.36. The molecule has 2 heterocycles. The van der Waals surface area contributed by atoms with E-state index in [2.05, 4.69) is 4.98 Å². The molecule has 118 valence electrons. The lowest BCUT2D eigenvalue weighted by atomic mass is 9.99. The van der Waals surface area contributed by atoms with Gasteiger partial charge in [0.2, 0.25) is 10.0 Å². The van der Waals surface area contributed by atoms with Crippen LogP contribution >= 0.6 is 11.3 Å². The molecule has 0 atom stereocenters. The van der Waals surface area contributed by atoms with Crippen molar-refractivity contribution in [3.05, 3.63) is 52.0 Å². The molecule has 0 spiro atoms. The maximum absolute atomic E-state index is 12.6. The quantitative estimate of drug-likeness (QED) is 0.862. The zero-order valence-electron chi connectivity index (χ0n) is 12.6. The summed E-state index contributed by atoms with van der Waals surface area (Å²) in [5.41, 5.74) is 1.92. The maximum Gasteiger partial charge on any atom is 0.218 e. The van der Waals surface area contributed by atoms with E-state index in [9.17, 15) is 8.42 Å². The van der Waals surface area contributed by atoms with E-state index in [1.54, 1.807) is 15.6 Å². The highest BCUT2D eigenvalue weighted by molar-refractivity contribution is 7.88. The summed E-state index contributed by atoms with van der Waals surface area (Å²) < 4.78 is 26.9. The first kappa shape index (κ1) is 15.6. The molecule has 0 bridgehead atoms. The van der Waals surface area contributed by atoms with E-state index in [1.165, 1.54) is 0 Å². The van der Waals surface area contributed by atoms with Crippen molar-refractivity contribution in [2.75, 3.05) is 13.1 Å². The minimum Gasteiger partial charge on any atom is -0.249 e. The number of nitrogens with zero attached hydrogens (tertiary/aromatic N) is 2. The standard InChI is InChI=1S/C16H20N2O2S2/c1-13-4-2-3-5-15(13)12-22(19,20)18-9-6-14(7-10-18)16-17-8-11-21-16/h2-5,8,11,14H,6-7,9-10,12H2,1H3. The first-order valence-corrected chi connectivity index (χ1v) is 9.97. The lowest BCUT2D eigenvalue weighted by Gasteiger charge is -2.30. The van der Waals surface area contributed by atoms with Gasteiger partial charge in [0.15, 0.2) is 0 Å². The number of hydrogen-bond donors (Lipinski definition) is 0. The van der Waals surface area contributed by atoms with Crippen molar-refractivity contribution in [3.63, 3.8) is 0 Å². The average Bonchev–Trinajstić information content (AvgIpc) is 3.04. The topological polar surface area (TPSA) is 50.3 Å². The summed E-state index contributed by atoms with van der Waals surface area (Å²) in [6.07, 6.45) is 3.54. The van der Waals surface area contributed by atoms with E-state index < -0.39 is 10.0 Å². The molecule has 6 heteroatoms. The molecule has 1 aromatic heterocycles. The molecule has 3 rings (SSSR count). The van der Waals surface area contributed by atoms with Gasteiger partial charge in [-0.15, -0.1) is 11.3 Å². The molecule has 1 saturated heterocycles. The number of piperidine rings is 1. The third-order valence-corrected chi connectivity index (χ3v) is 7.01. The highest BCUT2D eigenvalue weighted by Gasteiger charge is 2.29. The first-order valence-electron chi connectivity index (χ1n) is 7.48. The van der Waals surface area contributed by atoms with Crippen molar-refractivity contribution in [3.8, 4) is 0 Å². The summed E-state index contributed by atoms with van der Waals surface area (Å²) >= 11 is 1.66. The van der Waals surface area contributed by atoms with E-state index in [1.807, 2.05) is 42.8 Å². The second kappa shape index (κ2) is 6.48. The number of thiazole rings is 1. The Morgan fingerprint density at radius 3 is 2.64 bits per heavy atom. The zero-order chi connectivity index (χ0) is 15.6. The Morgan fingerprint density at radius 2 is 2.00 bits per heavy atom. The Labute approximate surface area is 135 Å². The molecule has 1 aliphatic rings. The molecule has 4 nitrogen and oxygen atoms in total. The molecule has 1 aliphatic heterocycles. The summed E-state index contributed by atoms with van der Waals surface area (Å²) in [5, 5.41) is 3.12. The number of rotatable bonds is 4. The Balaban J connectivity index is 1.66. The highest BCUT2D eigenvalue weighted by atomic mass is 32.2. The van der Waals surface area contributed by atoms with Crippen LogP contribution in [0, 0.1) is 6.92 Å². The Bertz CT molecular complexity index is 718. The van der Waals surface area contributed by atoms with Crippen LogP contribution in [0.5, 0.6) is 0 Å². The lowest BCUT2D eigenvalue weighted by molar-refractivity contribution is 0.319. The van der Waals surface area contributed by atoms with Crippen LogP contribution < -0.4 is 0 Å². The minimum atomic E-state index is -3.23. The fourth-order valence-corrected chi connectivity index (χ4v) is 5.35. The van der Waals surface area contributed by atoms with Crippen LogP contribution in [0.4, 0.5) is 0 Å². The third-order valence-electron chi connectivity index (χ3n) is 4.25. The molecule has 2 aromatic rings. The summed E-state index contributed by atoms with van der Waals surface area (Å²) in [6, 6.07) is 7.69. The van der Waals surface area contributed by atoms with Crippen LogP contribution in [0.1, 0.15) is 34.9 Å². The largest absolute Gasteiger partial charge is 0.249 e. The van der Waals surface area contributed by atoms with Gasteiger partial charge in [0.25, 0.3) is 0 Å². The van der Waals surface area contributed by atoms with Gasteiger partial charge in [-0.2, -0.15) is 0 Å². The van der Waals surface area contributed by atoms with Crippen LogP contribution in [0.3, 0.4) is 0 Å². The van der Waals surface area contributed by atoms with Gasteiger partial charge in [0.05, 0.1) is 10.8 Å². The normalized spacial score (nSPS) is 17.7. The van der Waals surface area contributed by atoms with Crippen LogP contribution in [0.2, 0.25) is 0 Å². The molecule has 0 saturated carbocycles. The van der Waals surface area contributed by atoms with Gasteiger partial charge in [-0.05, 0) is 30.9 Å². The van der Waals surface area contributed by atoms with Crippen LogP contribution in [-0.2, 0) is 15.8 Å². The van der Waals surface area contributed by atoms with Crippen molar-refractivity contribution in [1.29, 1.82) is 0 Å². The van der Waals surface area contributed by atoms with Gasteiger partial charge in [0.1, 0.15) is 0 Å². The van der Waals surface area contributed by atoms with Gasteiger partial charge in [-0.3, -0.25) is 0 Å². The molecule has 1 fully saturated rings. The first-order chi connectivity index (χ1) is 10.6. The monoisotopic (exact) mass is 336 g/mol. The number of aryl methyl sites for hydroxylation is 1. The van der Waals surface area contributed by atoms with E-state index in [-0.39, 0.29) is 5.75 Å². The molecule has 1 aromatic carbocycles. The lowest BCUT2D eigenvalue weighted by Crippen LogP contribution is -2.38. The van der Waals surface area contributed by atoms with Crippen molar-refractivity contribution in [2.45, 2.75) is 31.4 Å². The summed E-state index contributed by atoms with van der Waals surface area (Å²) in [6.45, 7) is 3.15. The van der Waals surface area contributed by atoms with Gasteiger partial charge in [-0.1, -0.05) is 24.3 Å². The van der Waals surface area contributed by atoms with Crippen molar-refractivity contribution >= 4 is 21.4 Å². The molecule has 0 N–H and O–H groups in total. The Kier molecular flexibility index (Phi) is 4.61. The van der Waals surface area contributed by atoms with E-state index in [0.717, 1.165) is 29.0 Å². The second-order valence-electron chi connectivity index (χ2n) is 5.73. The minimum absolute atomic E-state index is 0.0988. The third kappa shape index (κ3) is 3.39. The van der Waals surface area contributed by atoms with E-state index in [0.29, 0.717) is 19.0 Å². The molecule has 22 heavy (non-hydrogen) atoms.